The van der Waals surface area contributed by atoms with E-state index in [1.54, 1.807) is 44.7 Å². The lowest BCUT2D eigenvalue weighted by molar-refractivity contribution is 0.0493. The zero-order valence-electron chi connectivity index (χ0n) is 17.8. The standard InChI is InChI=1S/C20H31N3O6/c1-6-27-19(25)23-11-7-8-14(21-18(24)29-20(2,3)4)17-15(28-13-12-23)9-10-16(22-17)26-5/h9-10,14H,6-8,11-13H2,1-5H3,(H,21,24)/t14-/m0/s1. The summed E-state index contributed by atoms with van der Waals surface area (Å²) in [5.74, 6) is 0.950. The number of fused-ring (bicyclic) bond motifs is 1. The minimum Gasteiger partial charge on any atom is -0.490 e. The average Bonchev–Trinajstić information content (AvgIpc) is 2.64. The Kier molecular flexibility index (Phi) is 7.92. The van der Waals surface area contributed by atoms with Gasteiger partial charge in [-0.05, 0) is 46.6 Å². The quantitative estimate of drug-likeness (QED) is 0.818. The van der Waals surface area contributed by atoms with E-state index >= 15 is 0 Å². The van der Waals surface area contributed by atoms with E-state index in [9.17, 15) is 9.59 Å². The number of amides is 2. The molecule has 9 heteroatoms. The zero-order chi connectivity index (χ0) is 21.4. The Morgan fingerprint density at radius 1 is 1.31 bits per heavy atom. The Hall–Kier alpha value is -2.71. The van der Waals surface area contributed by atoms with Crippen molar-refractivity contribution >= 4 is 12.2 Å². The maximum absolute atomic E-state index is 12.4. The van der Waals surface area contributed by atoms with Gasteiger partial charge in [-0.2, -0.15) is 0 Å². The lowest BCUT2D eigenvalue weighted by Gasteiger charge is -2.28. The molecule has 1 atom stereocenters. The fraction of sp³-hybridized carbons (Fsp3) is 0.650. The van der Waals surface area contributed by atoms with Crippen LogP contribution in [0, 0.1) is 0 Å². The van der Waals surface area contributed by atoms with E-state index in [1.165, 1.54) is 7.11 Å². The molecule has 2 amide bonds. The highest BCUT2D eigenvalue weighted by atomic mass is 16.6. The molecule has 1 N–H and O–H groups in total. The predicted molar refractivity (Wildman–Crippen MR) is 106 cm³/mol. The number of ether oxygens (including phenoxy) is 4. The van der Waals surface area contributed by atoms with E-state index in [-0.39, 0.29) is 12.7 Å². The molecule has 2 rings (SSSR count). The number of alkyl carbamates (subject to hydrolysis) is 1. The van der Waals surface area contributed by atoms with Gasteiger partial charge in [0.2, 0.25) is 5.88 Å². The second-order valence-corrected chi connectivity index (χ2v) is 7.61. The van der Waals surface area contributed by atoms with Crippen molar-refractivity contribution in [3.05, 3.63) is 17.8 Å². The van der Waals surface area contributed by atoms with Crippen LogP contribution in [0.5, 0.6) is 11.6 Å². The number of nitrogens with one attached hydrogen (secondary N) is 1. The van der Waals surface area contributed by atoms with Gasteiger partial charge in [0, 0.05) is 12.6 Å². The molecule has 0 radical (unpaired) electrons. The SMILES string of the molecule is CCOC(=O)N1CCC[C@H](NC(=O)OC(C)(C)C)c2nc(OC)ccc2OCC1. The molecule has 162 valence electrons. The third kappa shape index (κ3) is 6.99. The third-order valence-corrected chi connectivity index (χ3v) is 4.16. The molecule has 29 heavy (non-hydrogen) atoms. The van der Waals surface area contributed by atoms with Crippen LogP contribution in [0.25, 0.3) is 0 Å². The van der Waals surface area contributed by atoms with Crippen LogP contribution >= 0.6 is 0 Å². The minimum absolute atomic E-state index is 0.277. The van der Waals surface area contributed by atoms with E-state index in [0.717, 1.165) is 0 Å². The second kappa shape index (κ2) is 10.2. The molecule has 2 heterocycles. The van der Waals surface area contributed by atoms with Crippen molar-refractivity contribution in [1.82, 2.24) is 15.2 Å². The monoisotopic (exact) mass is 409 g/mol. The van der Waals surface area contributed by atoms with Gasteiger partial charge in [-0.15, -0.1) is 0 Å². The fourth-order valence-corrected chi connectivity index (χ4v) is 2.92. The Morgan fingerprint density at radius 2 is 2.07 bits per heavy atom. The molecule has 0 saturated heterocycles. The summed E-state index contributed by atoms with van der Waals surface area (Å²) in [4.78, 5) is 30.6. The summed E-state index contributed by atoms with van der Waals surface area (Å²) >= 11 is 0. The number of rotatable bonds is 3. The van der Waals surface area contributed by atoms with Gasteiger partial charge < -0.3 is 29.2 Å². The maximum Gasteiger partial charge on any atom is 0.409 e. The molecule has 0 fully saturated rings. The highest BCUT2D eigenvalue weighted by Crippen LogP contribution is 2.30. The van der Waals surface area contributed by atoms with Gasteiger partial charge in [0.25, 0.3) is 0 Å². The topological polar surface area (TPSA) is 99.2 Å². The van der Waals surface area contributed by atoms with Gasteiger partial charge in [0.1, 0.15) is 23.7 Å². The Balaban J connectivity index is 2.25. The number of hydrogen-bond acceptors (Lipinski definition) is 7. The van der Waals surface area contributed by atoms with Crippen molar-refractivity contribution in [2.45, 2.75) is 52.2 Å². The first-order valence-corrected chi connectivity index (χ1v) is 9.82. The number of hydrogen-bond donors (Lipinski definition) is 1. The minimum atomic E-state index is -0.623. The molecule has 0 aromatic carbocycles. The van der Waals surface area contributed by atoms with E-state index in [4.69, 9.17) is 18.9 Å². The molecule has 1 aliphatic heterocycles. The Labute approximate surface area is 171 Å². The van der Waals surface area contributed by atoms with Crippen molar-refractivity contribution in [2.75, 3.05) is 33.4 Å². The molecule has 1 aromatic heterocycles. The molecule has 0 bridgehead atoms. The van der Waals surface area contributed by atoms with Crippen LogP contribution in [-0.2, 0) is 9.47 Å². The summed E-state index contributed by atoms with van der Waals surface area (Å²) in [6.07, 6.45) is 0.252. The fourth-order valence-electron chi connectivity index (χ4n) is 2.92. The molecule has 0 spiro atoms. The zero-order valence-corrected chi connectivity index (χ0v) is 17.8. The number of pyridine rings is 1. The predicted octanol–water partition coefficient (Wildman–Crippen LogP) is 3.29. The maximum atomic E-state index is 12.4. The third-order valence-electron chi connectivity index (χ3n) is 4.16. The van der Waals surface area contributed by atoms with E-state index in [0.29, 0.717) is 49.9 Å². The summed E-state index contributed by atoms with van der Waals surface area (Å²) < 4.78 is 21.6. The molecule has 9 nitrogen and oxygen atoms in total. The summed E-state index contributed by atoms with van der Waals surface area (Å²) in [5.41, 5.74) is -0.0538. The summed E-state index contributed by atoms with van der Waals surface area (Å²) in [5, 5.41) is 2.87. The van der Waals surface area contributed by atoms with Gasteiger partial charge in [0.15, 0.2) is 0 Å². The van der Waals surface area contributed by atoms with Crippen LogP contribution < -0.4 is 14.8 Å². The number of carbonyl (C=O) groups is 2. The smallest absolute Gasteiger partial charge is 0.409 e. The molecule has 0 unspecified atom stereocenters. The van der Waals surface area contributed by atoms with Gasteiger partial charge >= 0.3 is 12.2 Å². The Morgan fingerprint density at radius 3 is 2.72 bits per heavy atom. The second-order valence-electron chi connectivity index (χ2n) is 7.61. The van der Waals surface area contributed by atoms with Crippen LogP contribution in [0.15, 0.2) is 12.1 Å². The van der Waals surface area contributed by atoms with Crippen molar-refractivity contribution in [3.63, 3.8) is 0 Å². The number of aromatic nitrogens is 1. The van der Waals surface area contributed by atoms with Gasteiger partial charge in [-0.1, -0.05) is 0 Å². The van der Waals surface area contributed by atoms with Crippen LogP contribution in [0.3, 0.4) is 0 Å². The number of carbonyl (C=O) groups excluding carboxylic acids is 2. The van der Waals surface area contributed by atoms with E-state index in [1.807, 2.05) is 0 Å². The van der Waals surface area contributed by atoms with E-state index in [2.05, 4.69) is 10.3 Å². The molecule has 0 saturated carbocycles. The number of methoxy groups -OCH3 is 1. The van der Waals surface area contributed by atoms with Crippen molar-refractivity contribution in [3.8, 4) is 11.6 Å². The highest BCUT2D eigenvalue weighted by molar-refractivity contribution is 5.68. The van der Waals surface area contributed by atoms with Crippen LogP contribution in [0.2, 0.25) is 0 Å². The molecular weight excluding hydrogens is 378 g/mol. The first-order valence-electron chi connectivity index (χ1n) is 9.82. The van der Waals surface area contributed by atoms with Gasteiger partial charge in [0.05, 0.1) is 26.3 Å². The molecule has 0 aliphatic carbocycles. The van der Waals surface area contributed by atoms with Crippen molar-refractivity contribution < 1.29 is 28.5 Å². The first kappa shape index (κ1) is 22.6. The van der Waals surface area contributed by atoms with E-state index < -0.39 is 17.7 Å². The van der Waals surface area contributed by atoms with Gasteiger partial charge in [-0.3, -0.25) is 0 Å². The molecule has 1 aromatic rings. The average molecular weight is 409 g/mol. The van der Waals surface area contributed by atoms with Crippen LogP contribution in [-0.4, -0.2) is 61.1 Å². The highest BCUT2D eigenvalue weighted by Gasteiger charge is 2.26. The largest absolute Gasteiger partial charge is 0.490 e. The number of nitrogens with zero attached hydrogens (tertiary/aromatic N) is 2. The summed E-state index contributed by atoms with van der Waals surface area (Å²) in [7, 11) is 1.53. The normalized spacial score (nSPS) is 17.4. The first-order chi connectivity index (χ1) is 13.7. The van der Waals surface area contributed by atoms with Gasteiger partial charge in [-0.25, -0.2) is 14.6 Å². The molecule has 1 aliphatic rings. The van der Waals surface area contributed by atoms with Crippen molar-refractivity contribution in [1.29, 1.82) is 0 Å². The van der Waals surface area contributed by atoms with Crippen molar-refractivity contribution in [2.24, 2.45) is 0 Å². The van der Waals surface area contributed by atoms with Crippen LogP contribution in [0.1, 0.15) is 52.3 Å². The summed E-state index contributed by atoms with van der Waals surface area (Å²) in [6.45, 7) is 8.64. The molecular formula is C20H31N3O6. The Bertz CT molecular complexity index is 704. The lowest BCUT2D eigenvalue weighted by Crippen LogP contribution is -2.39. The van der Waals surface area contributed by atoms with Crippen LogP contribution in [0.4, 0.5) is 9.59 Å². The summed E-state index contributed by atoms with van der Waals surface area (Å²) in [6, 6.07) is 2.98. The lowest BCUT2D eigenvalue weighted by atomic mass is 10.1.